The number of thioether (sulfide) groups is 1. The van der Waals surface area contributed by atoms with Gasteiger partial charge in [-0.25, -0.2) is 9.18 Å². The second-order valence-electron chi connectivity index (χ2n) is 4.85. The van der Waals surface area contributed by atoms with Gasteiger partial charge < -0.3 is 10.4 Å². The number of nitriles is 2. The Morgan fingerprint density at radius 3 is 2.20 bits per heavy atom. The van der Waals surface area contributed by atoms with Gasteiger partial charge in [0.15, 0.2) is 5.57 Å². The summed E-state index contributed by atoms with van der Waals surface area (Å²) in [4.78, 5) is 10.9. The number of anilines is 1. The lowest BCUT2D eigenvalue weighted by atomic mass is 10.1. The smallest absolute Gasteiger partial charge is 0.335 e. The van der Waals surface area contributed by atoms with Gasteiger partial charge in [-0.1, -0.05) is 12.1 Å². The SMILES string of the molecule is N#CC(C#N)=C(Nc1ccc(F)cc1)SCc1ccc(C(=O)O)cc1. The van der Waals surface area contributed by atoms with Crippen molar-refractivity contribution in [3.8, 4) is 12.1 Å². The first kappa shape index (κ1) is 18.1. The largest absolute Gasteiger partial charge is 0.478 e. The molecular formula is C18H12FN3O2S. The first-order chi connectivity index (χ1) is 12.0. The van der Waals surface area contributed by atoms with Crippen LogP contribution >= 0.6 is 11.8 Å². The first-order valence-electron chi connectivity index (χ1n) is 7.05. The first-order valence-corrected chi connectivity index (χ1v) is 8.04. The summed E-state index contributed by atoms with van der Waals surface area (Å²) in [5.41, 5.74) is 1.48. The zero-order valence-corrected chi connectivity index (χ0v) is 13.7. The highest BCUT2D eigenvalue weighted by Gasteiger charge is 2.09. The highest BCUT2D eigenvalue weighted by Crippen LogP contribution is 2.26. The van der Waals surface area contributed by atoms with Crippen molar-refractivity contribution in [3.05, 3.63) is 76.1 Å². The second-order valence-corrected chi connectivity index (χ2v) is 5.84. The van der Waals surface area contributed by atoms with Gasteiger partial charge in [0.2, 0.25) is 0 Å². The van der Waals surface area contributed by atoms with E-state index in [1.54, 1.807) is 12.1 Å². The number of aromatic carboxylic acids is 1. The minimum absolute atomic E-state index is 0.0866. The fourth-order valence-corrected chi connectivity index (χ4v) is 2.79. The molecule has 0 saturated carbocycles. The Kier molecular flexibility index (Phi) is 6.16. The molecule has 0 aliphatic heterocycles. The van der Waals surface area contributed by atoms with E-state index in [0.717, 1.165) is 5.56 Å². The molecule has 5 nitrogen and oxygen atoms in total. The topological polar surface area (TPSA) is 96.9 Å². The third-order valence-electron chi connectivity index (χ3n) is 3.14. The molecule has 0 unspecified atom stereocenters. The summed E-state index contributed by atoms with van der Waals surface area (Å²) in [5, 5.41) is 30.4. The number of rotatable bonds is 6. The average molecular weight is 353 g/mol. The number of allylic oxidation sites excluding steroid dienone is 1. The van der Waals surface area contributed by atoms with Crippen LogP contribution in [-0.2, 0) is 5.75 Å². The summed E-state index contributed by atoms with van der Waals surface area (Å²) >= 11 is 1.23. The van der Waals surface area contributed by atoms with E-state index in [9.17, 15) is 9.18 Å². The lowest BCUT2D eigenvalue weighted by Crippen LogP contribution is -2.00. The lowest BCUT2D eigenvalue weighted by molar-refractivity contribution is 0.0697. The van der Waals surface area contributed by atoms with Crippen LogP contribution in [0.4, 0.5) is 10.1 Å². The van der Waals surface area contributed by atoms with Gasteiger partial charge in [0.1, 0.15) is 23.0 Å². The number of nitrogens with zero attached hydrogens (tertiary/aromatic N) is 2. The summed E-state index contributed by atoms with van der Waals surface area (Å²) < 4.78 is 13.0. The normalized spacial score (nSPS) is 9.56. The van der Waals surface area contributed by atoms with Crippen LogP contribution in [-0.4, -0.2) is 11.1 Å². The van der Waals surface area contributed by atoms with Crippen LogP contribution < -0.4 is 5.32 Å². The van der Waals surface area contributed by atoms with Crippen molar-refractivity contribution in [3.63, 3.8) is 0 Å². The van der Waals surface area contributed by atoms with Gasteiger partial charge in [-0.2, -0.15) is 10.5 Å². The number of benzene rings is 2. The third-order valence-corrected chi connectivity index (χ3v) is 4.21. The Balaban J connectivity index is 2.16. The maximum Gasteiger partial charge on any atom is 0.335 e. The van der Waals surface area contributed by atoms with E-state index >= 15 is 0 Å². The van der Waals surface area contributed by atoms with Gasteiger partial charge in [0, 0.05) is 11.4 Å². The molecule has 25 heavy (non-hydrogen) atoms. The lowest BCUT2D eigenvalue weighted by Gasteiger charge is -2.11. The van der Waals surface area contributed by atoms with Crippen LogP contribution in [0.3, 0.4) is 0 Å². The van der Waals surface area contributed by atoms with Crippen LogP contribution in [0.25, 0.3) is 0 Å². The van der Waals surface area contributed by atoms with E-state index in [4.69, 9.17) is 15.6 Å². The molecule has 7 heteroatoms. The molecule has 2 aromatic rings. The molecule has 2 rings (SSSR count). The molecule has 0 saturated heterocycles. The van der Waals surface area contributed by atoms with Crippen molar-refractivity contribution in [2.45, 2.75) is 5.75 Å². The summed E-state index contributed by atoms with van der Waals surface area (Å²) in [6.07, 6.45) is 0. The minimum atomic E-state index is -1.01. The van der Waals surface area contributed by atoms with Crippen molar-refractivity contribution < 1.29 is 14.3 Å². The maximum atomic E-state index is 13.0. The van der Waals surface area contributed by atoms with Gasteiger partial charge in [0.05, 0.1) is 5.56 Å². The molecule has 0 fully saturated rings. The van der Waals surface area contributed by atoms with E-state index in [2.05, 4.69) is 5.32 Å². The second kappa shape index (κ2) is 8.53. The Hall–Kier alpha value is -3.29. The number of carboxylic acids is 1. The fraction of sp³-hybridized carbons (Fsp3) is 0.0556. The minimum Gasteiger partial charge on any atom is -0.478 e. The number of carbonyl (C=O) groups is 1. The Bertz CT molecular complexity index is 863. The van der Waals surface area contributed by atoms with Crippen molar-refractivity contribution >= 4 is 23.4 Å². The molecule has 0 radical (unpaired) electrons. The van der Waals surface area contributed by atoms with Crippen LogP contribution in [0.5, 0.6) is 0 Å². The monoisotopic (exact) mass is 353 g/mol. The molecule has 0 bridgehead atoms. The molecule has 124 valence electrons. The van der Waals surface area contributed by atoms with E-state index in [-0.39, 0.29) is 17.0 Å². The number of hydrogen-bond acceptors (Lipinski definition) is 5. The van der Waals surface area contributed by atoms with Crippen molar-refractivity contribution in [2.24, 2.45) is 0 Å². The van der Waals surface area contributed by atoms with Gasteiger partial charge in [-0.05, 0) is 42.0 Å². The highest BCUT2D eigenvalue weighted by molar-refractivity contribution is 8.02. The van der Waals surface area contributed by atoms with Crippen LogP contribution in [0.1, 0.15) is 15.9 Å². The van der Waals surface area contributed by atoms with Gasteiger partial charge in [0.25, 0.3) is 0 Å². The molecule has 2 aromatic carbocycles. The number of nitrogens with one attached hydrogen (secondary N) is 1. The van der Waals surface area contributed by atoms with Gasteiger partial charge in [-0.3, -0.25) is 0 Å². The van der Waals surface area contributed by atoms with E-state index in [1.165, 1.54) is 48.2 Å². The maximum absolute atomic E-state index is 13.0. The van der Waals surface area contributed by atoms with Crippen molar-refractivity contribution in [1.29, 1.82) is 10.5 Å². The van der Waals surface area contributed by atoms with Crippen LogP contribution in [0, 0.1) is 28.5 Å². The van der Waals surface area contributed by atoms with Gasteiger partial charge in [-0.15, -0.1) is 11.8 Å². The summed E-state index contributed by atoms with van der Waals surface area (Å²) in [7, 11) is 0. The van der Waals surface area contributed by atoms with Crippen molar-refractivity contribution in [1.82, 2.24) is 0 Å². The van der Waals surface area contributed by atoms with E-state index in [0.29, 0.717) is 16.5 Å². The predicted octanol–water partition coefficient (Wildman–Crippen LogP) is 4.13. The fourth-order valence-electron chi connectivity index (χ4n) is 1.86. The van der Waals surface area contributed by atoms with Crippen molar-refractivity contribution in [2.75, 3.05) is 5.32 Å². The van der Waals surface area contributed by atoms with Gasteiger partial charge >= 0.3 is 5.97 Å². The molecule has 0 atom stereocenters. The molecule has 2 N–H and O–H groups in total. The molecule has 0 spiro atoms. The quantitative estimate of drug-likeness (QED) is 0.758. The number of hydrogen-bond donors (Lipinski definition) is 2. The summed E-state index contributed by atoms with van der Waals surface area (Å²) in [5.74, 6) is -0.965. The standard InChI is InChI=1S/C18H12FN3O2S/c19-15-5-7-16(8-6-15)22-17(14(9-20)10-21)25-11-12-1-3-13(4-2-12)18(23)24/h1-8,22H,11H2,(H,23,24). The Morgan fingerprint density at radius 2 is 1.68 bits per heavy atom. The molecule has 0 amide bonds. The molecule has 0 heterocycles. The van der Waals surface area contributed by atoms with Crippen LogP contribution in [0.15, 0.2) is 59.1 Å². The van der Waals surface area contributed by atoms with E-state index < -0.39 is 5.97 Å². The number of carboxylic acid groups (broad SMARTS) is 1. The molecule has 0 aliphatic rings. The Labute approximate surface area is 148 Å². The summed E-state index contributed by atoms with van der Waals surface area (Å²) in [6.45, 7) is 0. The molecular weight excluding hydrogens is 341 g/mol. The third kappa shape index (κ3) is 5.10. The van der Waals surface area contributed by atoms with E-state index in [1.807, 2.05) is 12.1 Å². The highest BCUT2D eigenvalue weighted by atomic mass is 32.2. The average Bonchev–Trinajstić information content (AvgIpc) is 2.62. The van der Waals surface area contributed by atoms with Crippen LogP contribution in [0.2, 0.25) is 0 Å². The molecule has 0 aromatic heterocycles. The zero-order valence-electron chi connectivity index (χ0n) is 12.9. The zero-order chi connectivity index (χ0) is 18.2. The molecule has 0 aliphatic carbocycles. The Morgan fingerprint density at radius 1 is 1.08 bits per heavy atom. The predicted molar refractivity (Wildman–Crippen MR) is 93.0 cm³/mol. The summed E-state index contributed by atoms with van der Waals surface area (Å²) in [6, 6.07) is 15.5. The number of halogens is 1.